The van der Waals surface area contributed by atoms with Crippen molar-refractivity contribution in [1.82, 2.24) is 0 Å². The summed E-state index contributed by atoms with van der Waals surface area (Å²) in [5.74, 6) is -1.03. The molecule has 0 fully saturated rings. The first-order valence-electron chi connectivity index (χ1n) is 5.45. The number of amides is 1. The van der Waals surface area contributed by atoms with Crippen LogP contribution in [0, 0.1) is 0 Å². The zero-order valence-corrected chi connectivity index (χ0v) is 11.7. The summed E-state index contributed by atoms with van der Waals surface area (Å²) < 4.78 is 26.0. The van der Waals surface area contributed by atoms with Gasteiger partial charge in [-0.15, -0.1) is 0 Å². The molecule has 1 aromatic carbocycles. The molecule has 0 saturated carbocycles. The third kappa shape index (κ3) is 2.62. The fourth-order valence-corrected chi connectivity index (χ4v) is 2.04. The molecule has 0 spiro atoms. The van der Waals surface area contributed by atoms with Gasteiger partial charge in [-0.25, -0.2) is 4.79 Å². The van der Waals surface area contributed by atoms with Crippen LogP contribution in [-0.4, -0.2) is 25.7 Å². The van der Waals surface area contributed by atoms with Crippen molar-refractivity contribution in [3.8, 4) is 11.5 Å². The maximum Gasteiger partial charge on any atom is 0.552 e. The first-order valence-corrected chi connectivity index (χ1v) is 7.08. The summed E-state index contributed by atoms with van der Waals surface area (Å²) in [6.45, 7) is 4.80. The van der Waals surface area contributed by atoms with Gasteiger partial charge in [0.1, 0.15) is 0 Å². The van der Waals surface area contributed by atoms with Crippen molar-refractivity contribution in [3.05, 3.63) is 30.0 Å². The fraction of sp³-hybridized carbons (Fsp3) is 0.167. The van der Waals surface area contributed by atoms with Crippen LogP contribution in [0.1, 0.15) is 10.4 Å². The Kier molecular flexibility index (Phi) is 3.72. The van der Waals surface area contributed by atoms with Crippen LogP contribution in [0.15, 0.2) is 24.5 Å². The number of hydrogen-bond donors (Lipinski definition) is 1. The standard InChI is InChI=1S/C12H10NO6P/c1-6-11(14)13-10-8(12(15)17-2)4-7(19-20(3)16)5-9(10)18-6/h4-5H,1H2,2-3H3/p+1. The van der Waals surface area contributed by atoms with Crippen molar-refractivity contribution in [3.63, 3.8) is 0 Å². The van der Waals surface area contributed by atoms with Gasteiger partial charge < -0.3 is 14.8 Å². The number of nitrogens with one attached hydrogen (secondary N) is 1. The molecule has 0 radical (unpaired) electrons. The summed E-state index contributed by atoms with van der Waals surface area (Å²) >= 11 is 0. The first kappa shape index (κ1) is 14.0. The van der Waals surface area contributed by atoms with Gasteiger partial charge >= 0.3 is 14.0 Å². The molecule has 1 aliphatic rings. The number of anilines is 1. The normalized spacial score (nSPS) is 13.8. The van der Waals surface area contributed by atoms with Crippen LogP contribution in [0.25, 0.3) is 0 Å². The van der Waals surface area contributed by atoms with Gasteiger partial charge in [-0.3, -0.25) is 9.32 Å². The summed E-state index contributed by atoms with van der Waals surface area (Å²) in [6, 6.07) is 2.72. The van der Waals surface area contributed by atoms with E-state index in [0.29, 0.717) is 0 Å². The van der Waals surface area contributed by atoms with E-state index in [1.54, 1.807) is 0 Å². The molecule has 0 bridgehead atoms. The Morgan fingerprint density at radius 3 is 2.75 bits per heavy atom. The number of ether oxygens (including phenoxy) is 2. The van der Waals surface area contributed by atoms with Gasteiger partial charge in [-0.2, -0.15) is 0 Å². The summed E-state index contributed by atoms with van der Waals surface area (Å²) in [5, 5.41) is 2.48. The van der Waals surface area contributed by atoms with Crippen LogP contribution in [0.5, 0.6) is 11.5 Å². The molecule has 104 valence electrons. The van der Waals surface area contributed by atoms with E-state index in [4.69, 9.17) is 9.26 Å². The lowest BCUT2D eigenvalue weighted by molar-refractivity contribution is -0.115. The summed E-state index contributed by atoms with van der Waals surface area (Å²) in [4.78, 5) is 23.2. The molecule has 1 aliphatic heterocycles. The Balaban J connectivity index is 2.56. The molecular formula is C12H11NO6P+. The van der Waals surface area contributed by atoms with Gasteiger partial charge in [0.2, 0.25) is 0 Å². The van der Waals surface area contributed by atoms with Crippen LogP contribution in [-0.2, 0) is 14.1 Å². The van der Waals surface area contributed by atoms with Crippen molar-refractivity contribution < 1.29 is 28.2 Å². The number of hydrogen-bond acceptors (Lipinski definition) is 6. The van der Waals surface area contributed by atoms with Gasteiger partial charge in [0, 0.05) is 12.1 Å². The highest BCUT2D eigenvalue weighted by Gasteiger charge is 2.28. The SMILES string of the molecule is C=C1Oc2cc(O[P+](C)=O)cc(C(=O)OC)c2NC1=O. The lowest BCUT2D eigenvalue weighted by Crippen LogP contribution is -2.24. The Labute approximate surface area is 115 Å². The molecule has 0 saturated heterocycles. The second-order valence-electron chi connectivity index (χ2n) is 3.85. The number of rotatable bonds is 3. The second kappa shape index (κ2) is 5.30. The van der Waals surface area contributed by atoms with Crippen LogP contribution >= 0.6 is 8.03 Å². The molecule has 0 aromatic heterocycles. The molecule has 20 heavy (non-hydrogen) atoms. The van der Waals surface area contributed by atoms with E-state index in [1.165, 1.54) is 25.9 Å². The minimum Gasteiger partial charge on any atom is -0.465 e. The zero-order chi connectivity index (χ0) is 14.9. The van der Waals surface area contributed by atoms with Gasteiger partial charge in [0.25, 0.3) is 5.91 Å². The first-order chi connectivity index (χ1) is 9.42. The predicted molar refractivity (Wildman–Crippen MR) is 70.3 cm³/mol. The largest absolute Gasteiger partial charge is 0.552 e. The van der Waals surface area contributed by atoms with E-state index >= 15 is 0 Å². The Hall–Kier alpha value is -2.40. The lowest BCUT2D eigenvalue weighted by atomic mass is 10.1. The van der Waals surface area contributed by atoms with Crippen molar-refractivity contribution >= 4 is 25.6 Å². The third-order valence-electron chi connectivity index (χ3n) is 2.44. The van der Waals surface area contributed by atoms with Crippen LogP contribution < -0.4 is 14.6 Å². The minimum atomic E-state index is -1.91. The van der Waals surface area contributed by atoms with Gasteiger partial charge in [0.05, 0.1) is 18.4 Å². The molecule has 1 amide bonds. The molecule has 0 aliphatic carbocycles. The predicted octanol–water partition coefficient (Wildman–Crippen LogP) is 2.07. The highest BCUT2D eigenvalue weighted by molar-refractivity contribution is 7.38. The minimum absolute atomic E-state index is 0.0395. The number of carbonyl (C=O) groups excluding carboxylic acids is 2. The van der Waals surface area contributed by atoms with Crippen LogP contribution in [0.4, 0.5) is 5.69 Å². The second-order valence-corrected chi connectivity index (χ2v) is 4.91. The average Bonchev–Trinajstić information content (AvgIpc) is 2.38. The number of benzene rings is 1. The highest BCUT2D eigenvalue weighted by atomic mass is 31.1. The maximum atomic E-state index is 11.7. The van der Waals surface area contributed by atoms with E-state index < -0.39 is 19.9 Å². The van der Waals surface area contributed by atoms with E-state index in [1.807, 2.05) is 0 Å². The molecule has 8 heteroatoms. The van der Waals surface area contributed by atoms with Gasteiger partial charge in [-0.05, 0) is 4.57 Å². The van der Waals surface area contributed by atoms with E-state index in [-0.39, 0.29) is 28.5 Å². The maximum absolute atomic E-state index is 11.7. The molecule has 2 rings (SSSR count). The lowest BCUT2D eigenvalue weighted by Gasteiger charge is -2.21. The Morgan fingerprint density at radius 2 is 2.15 bits per heavy atom. The smallest absolute Gasteiger partial charge is 0.465 e. The summed E-state index contributed by atoms with van der Waals surface area (Å²) in [7, 11) is -0.712. The molecule has 1 aromatic rings. The zero-order valence-electron chi connectivity index (χ0n) is 10.8. The van der Waals surface area contributed by atoms with Crippen LogP contribution in [0.3, 0.4) is 0 Å². The number of carbonyl (C=O) groups is 2. The van der Waals surface area contributed by atoms with Gasteiger partial charge in [0.15, 0.2) is 23.9 Å². The number of methoxy groups -OCH3 is 1. The topological polar surface area (TPSA) is 90.9 Å². The van der Waals surface area contributed by atoms with E-state index in [2.05, 4.69) is 16.6 Å². The van der Waals surface area contributed by atoms with Crippen molar-refractivity contribution in [2.45, 2.75) is 0 Å². The van der Waals surface area contributed by atoms with Crippen molar-refractivity contribution in [2.24, 2.45) is 0 Å². The monoisotopic (exact) mass is 296 g/mol. The molecular weight excluding hydrogens is 285 g/mol. The quantitative estimate of drug-likeness (QED) is 0.521. The van der Waals surface area contributed by atoms with E-state index in [0.717, 1.165) is 0 Å². The van der Waals surface area contributed by atoms with Crippen molar-refractivity contribution in [1.29, 1.82) is 0 Å². The number of fused-ring (bicyclic) bond motifs is 1. The molecule has 7 nitrogen and oxygen atoms in total. The highest BCUT2D eigenvalue weighted by Crippen LogP contribution is 2.39. The fourth-order valence-electron chi connectivity index (χ4n) is 1.63. The molecule has 1 atom stereocenters. The number of esters is 1. The molecule has 1 N–H and O–H groups in total. The Bertz CT molecular complexity index is 639. The summed E-state index contributed by atoms with van der Waals surface area (Å²) in [6.07, 6.45) is 0. The van der Waals surface area contributed by atoms with E-state index in [9.17, 15) is 14.2 Å². The van der Waals surface area contributed by atoms with Crippen molar-refractivity contribution in [2.75, 3.05) is 19.1 Å². The molecule has 1 unspecified atom stereocenters. The average molecular weight is 296 g/mol. The molecule has 1 heterocycles. The van der Waals surface area contributed by atoms with Gasteiger partial charge in [-0.1, -0.05) is 6.58 Å². The Morgan fingerprint density at radius 1 is 1.45 bits per heavy atom. The van der Waals surface area contributed by atoms with Crippen LogP contribution in [0.2, 0.25) is 0 Å². The third-order valence-corrected chi connectivity index (χ3v) is 2.91. The summed E-state index contributed by atoms with van der Waals surface area (Å²) in [5.41, 5.74) is 0.200.